The monoisotopic (exact) mass is 692 g/mol. The number of carbonyl (C=O) groups is 2. The minimum absolute atomic E-state index is 0.0414. The van der Waals surface area contributed by atoms with E-state index < -0.39 is 28.8 Å². The number of fused-ring (bicyclic) bond motifs is 1. The molecule has 0 aliphatic carbocycles. The van der Waals surface area contributed by atoms with Gasteiger partial charge in [-0.3, -0.25) is 4.21 Å². The summed E-state index contributed by atoms with van der Waals surface area (Å²) >= 11 is -3.05. The minimum atomic E-state index is -3.05. The molecule has 2 amide bonds. The minimum Gasteiger partial charge on any atom is -0.754 e. The van der Waals surface area contributed by atoms with E-state index in [2.05, 4.69) is 15.3 Å². The topological polar surface area (TPSA) is 162 Å². The van der Waals surface area contributed by atoms with Crippen molar-refractivity contribution >= 4 is 45.9 Å². The van der Waals surface area contributed by atoms with Crippen LogP contribution in [0.5, 0.6) is 11.6 Å². The maximum Gasteiger partial charge on any atom is 0.429 e. The van der Waals surface area contributed by atoms with E-state index in [1.54, 1.807) is 54.5 Å². The highest BCUT2D eigenvalue weighted by atomic mass is 32.2. The molecule has 258 valence electrons. The molecule has 0 saturated carbocycles. The third-order valence-corrected chi connectivity index (χ3v) is 8.53. The number of benzene rings is 2. The quantitative estimate of drug-likeness (QED) is 0.225. The average molecular weight is 693 g/mol. The number of ether oxygens (including phenoxy) is 3. The number of nitrogens with one attached hydrogen (secondary N) is 1. The lowest BCUT2D eigenvalue weighted by molar-refractivity contribution is 0.0206. The van der Waals surface area contributed by atoms with Crippen LogP contribution in [0.4, 0.5) is 25.6 Å². The summed E-state index contributed by atoms with van der Waals surface area (Å²) in [6.45, 7) is 8.21. The molecule has 0 radical (unpaired) electrons. The van der Waals surface area contributed by atoms with Crippen LogP contribution >= 0.6 is 0 Å². The number of hydrogen-bond acceptors (Lipinski definition) is 11. The fraction of sp³-hybridized carbons (Fsp3) is 0.364. The van der Waals surface area contributed by atoms with Crippen LogP contribution in [-0.4, -0.2) is 83.7 Å². The molecule has 1 N–H and O–H groups in total. The van der Waals surface area contributed by atoms with Gasteiger partial charge in [0.2, 0.25) is 11.8 Å². The van der Waals surface area contributed by atoms with Gasteiger partial charge in [-0.2, -0.15) is 0 Å². The van der Waals surface area contributed by atoms with Gasteiger partial charge in [-0.15, -0.1) is 0 Å². The number of anilines is 2. The van der Waals surface area contributed by atoms with Gasteiger partial charge < -0.3 is 29.0 Å². The Bertz CT molecular complexity index is 1920. The van der Waals surface area contributed by atoms with E-state index in [4.69, 9.17) is 19.2 Å². The number of nitrogens with zero attached hydrogens (tertiary/aromatic N) is 6. The number of hydrogen-bond donors (Lipinski definition) is 1. The normalized spacial score (nSPS) is 17.1. The van der Waals surface area contributed by atoms with Crippen molar-refractivity contribution in [2.45, 2.75) is 52.2 Å². The molecule has 4 aromatic rings. The Hall–Kier alpha value is -5.09. The molecule has 14 nitrogen and oxygen atoms in total. The fourth-order valence-corrected chi connectivity index (χ4v) is 6.36. The van der Waals surface area contributed by atoms with E-state index in [0.717, 1.165) is 23.9 Å². The largest absolute Gasteiger partial charge is 0.754 e. The standard InChI is InChI=1S/C33H36FN7O7S/c1-20-9-10-22-23(11-12-25(34)27(22)41(49(44)45)40-17-18-46-32(40)43)28(20)47-29-24(8-5-14-35-29)26-13-15-36-30(38-26)37-21-7-6-16-39(19-21)31(42)48-33(2,3)4/h5,8-15,21H,6-7,16-19H2,1-4H3,(H,44,45)(H,36,37,38)/p-1/t21-/m0/s1. The Balaban J connectivity index is 1.29. The lowest BCUT2D eigenvalue weighted by atomic mass is 10.0. The number of halogens is 1. The molecule has 2 aliphatic rings. The highest BCUT2D eigenvalue weighted by molar-refractivity contribution is 7.80. The number of hydrazine groups is 1. The smallest absolute Gasteiger partial charge is 0.429 e. The molecule has 2 saturated heterocycles. The maximum absolute atomic E-state index is 15.4. The van der Waals surface area contributed by atoms with Crippen molar-refractivity contribution in [3.05, 3.63) is 66.2 Å². The molecule has 16 heteroatoms. The first-order valence-corrected chi connectivity index (χ1v) is 16.7. The SMILES string of the molecule is Cc1ccc2c(N(N3CCOC3=O)S(=O)[O-])c(F)ccc2c1Oc1ncccc1-c1ccnc(N[C@H]2CCCN(C(=O)OC(C)(C)C)C2)n1. The Labute approximate surface area is 284 Å². The predicted octanol–water partition coefficient (Wildman–Crippen LogP) is 5.71. The zero-order valence-electron chi connectivity index (χ0n) is 27.3. The van der Waals surface area contributed by atoms with E-state index >= 15 is 4.39 Å². The number of aryl methyl sites for hydroxylation is 1. The van der Waals surface area contributed by atoms with Crippen LogP contribution in [0, 0.1) is 12.7 Å². The summed E-state index contributed by atoms with van der Waals surface area (Å²) in [5.74, 6) is -0.0141. The highest BCUT2D eigenvalue weighted by Gasteiger charge is 2.33. The highest BCUT2D eigenvalue weighted by Crippen LogP contribution is 2.41. The molecule has 1 unspecified atom stereocenters. The molecule has 0 spiro atoms. The number of piperidine rings is 1. The number of likely N-dealkylation sites (tertiary alicyclic amines) is 1. The summed E-state index contributed by atoms with van der Waals surface area (Å²) in [7, 11) is 0. The van der Waals surface area contributed by atoms with Crippen molar-refractivity contribution in [3.63, 3.8) is 0 Å². The second kappa shape index (κ2) is 13.8. The summed E-state index contributed by atoms with van der Waals surface area (Å²) in [5, 5.41) is 4.73. The molecule has 2 aliphatic heterocycles. The van der Waals surface area contributed by atoms with Crippen LogP contribution < -0.4 is 14.5 Å². The zero-order valence-corrected chi connectivity index (χ0v) is 28.2. The summed E-state index contributed by atoms with van der Waals surface area (Å²) in [6, 6.07) is 10.9. The van der Waals surface area contributed by atoms with Crippen LogP contribution in [0.25, 0.3) is 22.0 Å². The van der Waals surface area contributed by atoms with Crippen LogP contribution in [0.15, 0.2) is 54.9 Å². The van der Waals surface area contributed by atoms with Crippen LogP contribution in [-0.2, 0) is 20.7 Å². The van der Waals surface area contributed by atoms with Gasteiger partial charge in [0.15, 0.2) is 0 Å². The average Bonchev–Trinajstić information content (AvgIpc) is 3.48. The molecular formula is C33H35FN7O7S-. The molecule has 49 heavy (non-hydrogen) atoms. The summed E-state index contributed by atoms with van der Waals surface area (Å²) in [6.07, 6.45) is 3.49. The second-order valence-electron chi connectivity index (χ2n) is 12.6. The number of rotatable bonds is 8. The summed E-state index contributed by atoms with van der Waals surface area (Å²) in [4.78, 5) is 40.2. The Morgan fingerprint density at radius 1 is 1.12 bits per heavy atom. The maximum atomic E-state index is 15.4. The Morgan fingerprint density at radius 2 is 1.92 bits per heavy atom. The molecular weight excluding hydrogens is 657 g/mol. The lowest BCUT2D eigenvalue weighted by Gasteiger charge is -2.34. The number of amides is 2. The van der Waals surface area contributed by atoms with Crippen molar-refractivity contribution in [2.24, 2.45) is 0 Å². The number of pyridine rings is 1. The van der Waals surface area contributed by atoms with Gasteiger partial charge in [-0.1, -0.05) is 12.1 Å². The van der Waals surface area contributed by atoms with E-state index in [1.165, 1.54) is 6.07 Å². The lowest BCUT2D eigenvalue weighted by Crippen LogP contribution is -2.47. The van der Waals surface area contributed by atoms with Crippen molar-refractivity contribution in [1.82, 2.24) is 24.9 Å². The van der Waals surface area contributed by atoms with Gasteiger partial charge in [0.25, 0.3) is 0 Å². The van der Waals surface area contributed by atoms with Gasteiger partial charge in [0, 0.05) is 42.3 Å². The third-order valence-electron chi connectivity index (χ3n) is 7.87. The molecule has 2 fully saturated rings. The summed E-state index contributed by atoms with van der Waals surface area (Å²) < 4.78 is 57.5. The molecule has 0 bridgehead atoms. The third kappa shape index (κ3) is 7.34. The van der Waals surface area contributed by atoms with Crippen LogP contribution in [0.1, 0.15) is 39.2 Å². The van der Waals surface area contributed by atoms with Gasteiger partial charge in [0.05, 0.1) is 29.1 Å². The van der Waals surface area contributed by atoms with Crippen molar-refractivity contribution in [3.8, 4) is 22.9 Å². The van der Waals surface area contributed by atoms with Gasteiger partial charge >= 0.3 is 12.2 Å². The van der Waals surface area contributed by atoms with E-state index in [9.17, 15) is 18.4 Å². The second-order valence-corrected chi connectivity index (χ2v) is 13.3. The first-order chi connectivity index (χ1) is 23.4. The van der Waals surface area contributed by atoms with Crippen LogP contribution in [0.3, 0.4) is 0 Å². The number of carbonyl (C=O) groups excluding carboxylic acids is 2. The Morgan fingerprint density at radius 3 is 2.65 bits per heavy atom. The number of cyclic esters (lactones) is 1. The predicted molar refractivity (Wildman–Crippen MR) is 178 cm³/mol. The van der Waals surface area contributed by atoms with E-state index in [-0.39, 0.29) is 42.2 Å². The van der Waals surface area contributed by atoms with Crippen molar-refractivity contribution < 1.29 is 37.0 Å². The molecule has 2 aromatic heterocycles. The van der Waals surface area contributed by atoms with Gasteiger partial charge in [0.1, 0.15) is 29.5 Å². The molecule has 2 atom stereocenters. The Kier molecular flexibility index (Phi) is 9.52. The molecule has 2 aromatic carbocycles. The molecule has 4 heterocycles. The first-order valence-electron chi connectivity index (χ1n) is 15.7. The number of aromatic nitrogens is 3. The first kappa shape index (κ1) is 33.8. The van der Waals surface area contributed by atoms with E-state index in [1.807, 2.05) is 20.8 Å². The fourth-order valence-electron chi connectivity index (χ4n) is 5.71. The zero-order chi connectivity index (χ0) is 34.9. The molecule has 6 rings (SSSR count). The van der Waals surface area contributed by atoms with Gasteiger partial charge in [-0.05, 0) is 76.4 Å². The van der Waals surface area contributed by atoms with Crippen molar-refractivity contribution in [1.29, 1.82) is 0 Å². The summed E-state index contributed by atoms with van der Waals surface area (Å²) in [5.41, 5.74) is 0.755. The van der Waals surface area contributed by atoms with Crippen molar-refractivity contribution in [2.75, 3.05) is 36.0 Å². The van der Waals surface area contributed by atoms with Gasteiger partial charge in [-0.25, -0.2) is 38.4 Å². The van der Waals surface area contributed by atoms with Crippen LogP contribution in [0.2, 0.25) is 0 Å². The van der Waals surface area contributed by atoms with E-state index in [0.29, 0.717) is 51.4 Å².